The van der Waals surface area contributed by atoms with Crippen molar-refractivity contribution in [2.45, 2.75) is 13.8 Å². The van der Waals surface area contributed by atoms with Crippen LogP contribution in [-0.2, 0) is 0 Å². The maximum absolute atomic E-state index is 5.12. The fraction of sp³-hybridized carbons (Fsp3) is 0.0571. The normalized spacial score (nSPS) is 12.0. The van der Waals surface area contributed by atoms with Gasteiger partial charge in [-0.3, -0.25) is 9.39 Å². The number of rotatable bonds is 4. The highest BCUT2D eigenvalue weighted by Crippen LogP contribution is 2.33. The summed E-state index contributed by atoms with van der Waals surface area (Å²) < 4.78 is 2.06. The van der Waals surface area contributed by atoms with Crippen molar-refractivity contribution in [3.8, 4) is 22.4 Å². The second-order valence-electron chi connectivity index (χ2n) is 9.86. The Hall–Kier alpha value is -5.09. The van der Waals surface area contributed by atoms with Gasteiger partial charge >= 0.3 is 0 Å². The van der Waals surface area contributed by atoms with E-state index in [2.05, 4.69) is 103 Å². The number of hydrogen-bond acceptors (Lipinski definition) is 3. The van der Waals surface area contributed by atoms with Crippen molar-refractivity contribution < 1.29 is 0 Å². The summed E-state index contributed by atoms with van der Waals surface area (Å²) in [5.74, 6) is 0. The highest BCUT2D eigenvalue weighted by molar-refractivity contribution is 6.09. The predicted molar refractivity (Wildman–Crippen MR) is 162 cm³/mol. The Kier molecular flexibility index (Phi) is 5.52. The maximum Gasteiger partial charge on any atom is 0.165 e. The van der Waals surface area contributed by atoms with Crippen LogP contribution in [0, 0.1) is 6.92 Å². The summed E-state index contributed by atoms with van der Waals surface area (Å²) in [5.41, 5.74) is 11.4. The summed E-state index contributed by atoms with van der Waals surface area (Å²) >= 11 is 0. The first kappa shape index (κ1) is 23.1. The third-order valence-electron chi connectivity index (χ3n) is 7.36. The van der Waals surface area contributed by atoms with Gasteiger partial charge in [0.2, 0.25) is 0 Å². The lowest BCUT2D eigenvalue weighted by Crippen LogP contribution is -1.94. The van der Waals surface area contributed by atoms with E-state index in [1.54, 1.807) is 0 Å². The number of hydrogen-bond donors (Lipinski definition) is 0. The molecular formula is C35H26N4. The van der Waals surface area contributed by atoms with Crippen LogP contribution in [0.25, 0.3) is 50.0 Å². The van der Waals surface area contributed by atoms with Crippen molar-refractivity contribution in [3.63, 3.8) is 0 Å². The van der Waals surface area contributed by atoms with Gasteiger partial charge in [-0.1, -0.05) is 97.1 Å². The number of aryl methyl sites for hydroxylation is 1. The van der Waals surface area contributed by atoms with Crippen LogP contribution in [-0.4, -0.2) is 20.1 Å². The van der Waals surface area contributed by atoms with Crippen molar-refractivity contribution in [1.29, 1.82) is 0 Å². The first-order valence-corrected chi connectivity index (χ1v) is 13.1. The zero-order valence-electron chi connectivity index (χ0n) is 21.8. The van der Waals surface area contributed by atoms with E-state index in [0.29, 0.717) is 0 Å². The van der Waals surface area contributed by atoms with Gasteiger partial charge in [0.25, 0.3) is 0 Å². The van der Waals surface area contributed by atoms with Crippen molar-refractivity contribution in [2.24, 2.45) is 4.99 Å². The molecule has 0 atom stereocenters. The molecule has 3 aromatic heterocycles. The Labute approximate surface area is 227 Å². The summed E-state index contributed by atoms with van der Waals surface area (Å²) in [6, 6.07) is 40.0. The van der Waals surface area contributed by atoms with Gasteiger partial charge in [-0.15, -0.1) is 0 Å². The number of nitrogens with zero attached hydrogens (tertiary/aromatic N) is 4. The van der Waals surface area contributed by atoms with Crippen LogP contribution >= 0.6 is 0 Å². The topological polar surface area (TPSA) is 42.5 Å². The molecule has 0 saturated heterocycles. The molecule has 0 unspecified atom stereocenters. The smallest absolute Gasteiger partial charge is 0.165 e. The molecule has 186 valence electrons. The quantitative estimate of drug-likeness (QED) is 0.226. The predicted octanol–water partition coefficient (Wildman–Crippen LogP) is 8.82. The molecule has 7 aromatic rings. The van der Waals surface area contributed by atoms with Gasteiger partial charge in [0.05, 0.1) is 11.4 Å². The van der Waals surface area contributed by atoms with Gasteiger partial charge in [0.1, 0.15) is 11.2 Å². The van der Waals surface area contributed by atoms with Crippen LogP contribution in [0.3, 0.4) is 0 Å². The molecule has 0 aliphatic carbocycles. The van der Waals surface area contributed by atoms with Crippen LogP contribution in [0.5, 0.6) is 0 Å². The van der Waals surface area contributed by atoms with Crippen LogP contribution < -0.4 is 0 Å². The van der Waals surface area contributed by atoms with Gasteiger partial charge in [-0.05, 0) is 54.3 Å². The zero-order valence-corrected chi connectivity index (χ0v) is 21.8. The molecule has 39 heavy (non-hydrogen) atoms. The largest absolute Gasteiger partial charge is 0.284 e. The fourth-order valence-corrected chi connectivity index (χ4v) is 5.21. The van der Waals surface area contributed by atoms with Crippen LogP contribution in [0.1, 0.15) is 18.1 Å². The molecule has 4 aromatic carbocycles. The van der Waals surface area contributed by atoms with E-state index in [4.69, 9.17) is 15.0 Å². The number of pyridine rings is 2. The number of imidazole rings is 1. The van der Waals surface area contributed by atoms with Crippen LogP contribution in [0.4, 0.5) is 5.69 Å². The standard InChI is InChI=1S/C35H26N4/c1-23-9-3-6-12-31(23)36-24(2)25-14-16-26(17-15-25)27-18-20-28(21-19-27)33-29-10-4-5-11-30(29)34-35(38-33)39-22-8-7-13-32(39)37-34/h3-22H,1-2H3. The third kappa shape index (κ3) is 4.07. The minimum Gasteiger partial charge on any atom is -0.284 e. The van der Waals surface area contributed by atoms with Crippen molar-refractivity contribution in [3.05, 3.63) is 133 Å². The van der Waals surface area contributed by atoms with Crippen LogP contribution in [0.15, 0.2) is 126 Å². The Balaban J connectivity index is 1.24. The van der Waals surface area contributed by atoms with E-state index in [1.807, 2.05) is 36.5 Å². The van der Waals surface area contributed by atoms with E-state index in [1.165, 1.54) is 16.7 Å². The van der Waals surface area contributed by atoms with Crippen molar-refractivity contribution in [2.75, 3.05) is 0 Å². The zero-order chi connectivity index (χ0) is 26.3. The van der Waals surface area contributed by atoms with Gasteiger partial charge in [-0.2, -0.15) is 0 Å². The second-order valence-corrected chi connectivity index (χ2v) is 9.86. The van der Waals surface area contributed by atoms with Crippen molar-refractivity contribution >= 4 is 39.0 Å². The van der Waals surface area contributed by atoms with E-state index < -0.39 is 0 Å². The first-order chi connectivity index (χ1) is 19.2. The molecule has 0 aliphatic heterocycles. The molecule has 4 heteroatoms. The Morgan fingerprint density at radius 1 is 0.641 bits per heavy atom. The minimum atomic E-state index is 0.877. The monoisotopic (exact) mass is 502 g/mol. The molecule has 0 saturated carbocycles. The summed E-state index contributed by atoms with van der Waals surface area (Å²) in [6.07, 6.45) is 2.02. The molecule has 4 nitrogen and oxygen atoms in total. The summed E-state index contributed by atoms with van der Waals surface area (Å²) in [5, 5.41) is 2.22. The highest BCUT2D eigenvalue weighted by Gasteiger charge is 2.15. The third-order valence-corrected chi connectivity index (χ3v) is 7.36. The second kappa shape index (κ2) is 9.34. The molecule has 0 radical (unpaired) electrons. The lowest BCUT2D eigenvalue weighted by atomic mass is 9.98. The highest BCUT2D eigenvalue weighted by atomic mass is 15.1. The SMILES string of the molecule is CC(=Nc1ccccc1C)c1ccc(-c2ccc(-c3nc4c(nc5ccccn54)c4ccccc34)cc2)cc1. The molecule has 0 fully saturated rings. The Bertz CT molecular complexity index is 2010. The van der Waals surface area contributed by atoms with Gasteiger partial charge < -0.3 is 0 Å². The molecule has 0 bridgehead atoms. The number of aromatic nitrogens is 3. The molecule has 7 rings (SSSR count). The van der Waals surface area contributed by atoms with E-state index >= 15 is 0 Å². The van der Waals surface area contributed by atoms with E-state index in [-0.39, 0.29) is 0 Å². The lowest BCUT2D eigenvalue weighted by Gasteiger charge is -2.09. The Morgan fingerprint density at radius 2 is 1.28 bits per heavy atom. The molecule has 0 spiro atoms. The first-order valence-electron chi connectivity index (χ1n) is 13.1. The van der Waals surface area contributed by atoms with E-state index in [0.717, 1.165) is 55.8 Å². The molecule has 0 amide bonds. The maximum atomic E-state index is 5.12. The summed E-state index contributed by atoms with van der Waals surface area (Å²) in [7, 11) is 0. The number of aliphatic imine (C=N–C) groups is 1. The summed E-state index contributed by atoms with van der Waals surface area (Å²) in [6.45, 7) is 4.15. The molecule has 0 aliphatic rings. The number of fused-ring (bicyclic) bond motifs is 5. The average Bonchev–Trinajstić information content (AvgIpc) is 3.37. The Morgan fingerprint density at radius 3 is 2.05 bits per heavy atom. The van der Waals surface area contributed by atoms with Gasteiger partial charge in [-0.25, -0.2) is 9.97 Å². The fourth-order valence-electron chi connectivity index (χ4n) is 5.21. The summed E-state index contributed by atoms with van der Waals surface area (Å²) in [4.78, 5) is 14.8. The molecule has 3 heterocycles. The van der Waals surface area contributed by atoms with Crippen LogP contribution in [0.2, 0.25) is 0 Å². The molecule has 0 N–H and O–H groups in total. The van der Waals surface area contributed by atoms with Gasteiger partial charge in [0, 0.05) is 28.2 Å². The number of para-hydroxylation sites is 1. The minimum absolute atomic E-state index is 0.877. The average molecular weight is 503 g/mol. The molecular weight excluding hydrogens is 476 g/mol. The number of benzene rings is 4. The van der Waals surface area contributed by atoms with Crippen molar-refractivity contribution in [1.82, 2.24) is 14.4 Å². The van der Waals surface area contributed by atoms with E-state index in [9.17, 15) is 0 Å². The van der Waals surface area contributed by atoms with Gasteiger partial charge in [0.15, 0.2) is 5.65 Å². The lowest BCUT2D eigenvalue weighted by molar-refractivity contribution is 1.19.